The zero-order valence-corrected chi connectivity index (χ0v) is 16.4. The van der Waals surface area contributed by atoms with Crippen LogP contribution >= 0.6 is 0 Å². The minimum Gasteiger partial charge on any atom is -0.490 e. The van der Waals surface area contributed by atoms with Gasteiger partial charge in [0.2, 0.25) is 11.8 Å². The van der Waals surface area contributed by atoms with E-state index in [2.05, 4.69) is 16.0 Å². The molecule has 0 saturated carbocycles. The standard InChI is InChI=1S/C19H24N4O6/c1-3-20-15(24)10-21-16(25)11-23-17(26)19(2,22-18(23)27)12-5-6-13-14(9-12)29-8-4-7-28-13/h5-6,9H,3-4,7-8,10-11H2,1-2H3,(H,20,24)(H,21,25)(H,22,27)/t19-/m1/s1. The lowest BCUT2D eigenvalue weighted by atomic mass is 9.91. The Bertz CT molecular complexity index is 842. The van der Waals surface area contributed by atoms with Gasteiger partial charge in [0.25, 0.3) is 5.91 Å². The summed E-state index contributed by atoms with van der Waals surface area (Å²) in [4.78, 5) is 49.7. The molecule has 1 saturated heterocycles. The molecule has 2 heterocycles. The topological polar surface area (TPSA) is 126 Å². The van der Waals surface area contributed by atoms with Crippen LogP contribution in [0.2, 0.25) is 0 Å². The van der Waals surface area contributed by atoms with Crippen LogP contribution in [0.4, 0.5) is 4.79 Å². The molecule has 1 aromatic rings. The Morgan fingerprint density at radius 1 is 1.14 bits per heavy atom. The van der Waals surface area contributed by atoms with Gasteiger partial charge in [-0.05, 0) is 31.5 Å². The fourth-order valence-electron chi connectivity index (χ4n) is 3.15. The van der Waals surface area contributed by atoms with Crippen molar-refractivity contribution in [2.24, 2.45) is 0 Å². The third-order valence-corrected chi connectivity index (χ3v) is 4.72. The van der Waals surface area contributed by atoms with Gasteiger partial charge in [0.1, 0.15) is 12.1 Å². The van der Waals surface area contributed by atoms with E-state index in [0.29, 0.717) is 36.8 Å². The number of rotatable bonds is 6. The zero-order valence-electron chi connectivity index (χ0n) is 16.4. The Kier molecular flexibility index (Phi) is 5.90. The largest absolute Gasteiger partial charge is 0.490 e. The van der Waals surface area contributed by atoms with Crippen molar-refractivity contribution in [2.75, 3.05) is 32.8 Å². The molecular weight excluding hydrogens is 380 g/mol. The molecule has 3 N–H and O–H groups in total. The van der Waals surface area contributed by atoms with Gasteiger partial charge in [0, 0.05) is 13.0 Å². The monoisotopic (exact) mass is 404 g/mol. The molecule has 10 nitrogen and oxygen atoms in total. The summed E-state index contributed by atoms with van der Waals surface area (Å²) in [6.07, 6.45) is 0.746. The molecule has 0 bridgehead atoms. The van der Waals surface area contributed by atoms with Gasteiger partial charge in [-0.1, -0.05) is 6.07 Å². The Labute approximate surface area is 167 Å². The molecule has 156 valence electrons. The number of nitrogens with one attached hydrogen (secondary N) is 3. The highest BCUT2D eigenvalue weighted by molar-refractivity contribution is 6.09. The molecule has 0 aromatic heterocycles. The Hall–Kier alpha value is -3.30. The van der Waals surface area contributed by atoms with Crippen LogP contribution in [0.15, 0.2) is 18.2 Å². The van der Waals surface area contributed by atoms with Crippen molar-refractivity contribution >= 4 is 23.8 Å². The fourth-order valence-corrected chi connectivity index (χ4v) is 3.15. The second-order valence-electron chi connectivity index (χ2n) is 6.89. The van der Waals surface area contributed by atoms with E-state index in [-0.39, 0.29) is 12.5 Å². The summed E-state index contributed by atoms with van der Waals surface area (Å²) in [6.45, 7) is 4.09. The van der Waals surface area contributed by atoms with Crippen LogP contribution < -0.4 is 25.4 Å². The number of carbonyl (C=O) groups is 4. The highest BCUT2D eigenvalue weighted by atomic mass is 16.5. The number of urea groups is 1. The molecule has 1 aromatic carbocycles. The van der Waals surface area contributed by atoms with E-state index in [1.807, 2.05) is 0 Å². The molecule has 3 rings (SSSR count). The van der Waals surface area contributed by atoms with E-state index in [1.54, 1.807) is 32.0 Å². The van der Waals surface area contributed by atoms with E-state index < -0.39 is 29.9 Å². The number of hydrogen-bond donors (Lipinski definition) is 3. The Morgan fingerprint density at radius 3 is 2.59 bits per heavy atom. The van der Waals surface area contributed by atoms with Gasteiger partial charge in [-0.25, -0.2) is 4.79 Å². The molecule has 29 heavy (non-hydrogen) atoms. The Balaban J connectivity index is 1.71. The summed E-state index contributed by atoms with van der Waals surface area (Å²) in [6, 6.07) is 4.36. The maximum absolute atomic E-state index is 13.0. The molecule has 1 fully saturated rings. The first kappa shape index (κ1) is 20.4. The molecule has 2 aliphatic heterocycles. The van der Waals surface area contributed by atoms with Crippen LogP contribution in [0.25, 0.3) is 0 Å². The number of likely N-dealkylation sites (N-methyl/N-ethyl adjacent to an activating group) is 1. The van der Waals surface area contributed by atoms with Crippen molar-refractivity contribution in [3.63, 3.8) is 0 Å². The third kappa shape index (κ3) is 4.25. The predicted octanol–water partition coefficient (Wildman–Crippen LogP) is -0.133. The molecular formula is C19H24N4O6. The van der Waals surface area contributed by atoms with E-state index in [4.69, 9.17) is 9.47 Å². The minimum absolute atomic E-state index is 0.226. The highest BCUT2D eigenvalue weighted by Gasteiger charge is 2.49. The van der Waals surface area contributed by atoms with Crippen molar-refractivity contribution in [2.45, 2.75) is 25.8 Å². The molecule has 5 amide bonds. The number of hydrogen-bond acceptors (Lipinski definition) is 6. The van der Waals surface area contributed by atoms with Gasteiger partial charge in [-0.3, -0.25) is 19.3 Å². The molecule has 1 atom stereocenters. The van der Waals surface area contributed by atoms with Crippen LogP contribution in [-0.2, 0) is 19.9 Å². The molecule has 0 radical (unpaired) electrons. The predicted molar refractivity (Wildman–Crippen MR) is 101 cm³/mol. The number of carbonyl (C=O) groups excluding carboxylic acids is 4. The van der Waals surface area contributed by atoms with Crippen LogP contribution in [-0.4, -0.2) is 61.5 Å². The summed E-state index contributed by atoms with van der Waals surface area (Å²) >= 11 is 0. The maximum atomic E-state index is 13.0. The number of ether oxygens (including phenoxy) is 2. The summed E-state index contributed by atoms with van der Waals surface area (Å²) in [5.74, 6) is -0.447. The number of imide groups is 1. The number of fused-ring (bicyclic) bond motifs is 1. The summed E-state index contributed by atoms with van der Waals surface area (Å²) in [5, 5.41) is 7.57. The SMILES string of the molecule is CCNC(=O)CNC(=O)CN1C(=O)N[C@](C)(c2ccc3c(c2)OCCCO3)C1=O. The summed E-state index contributed by atoms with van der Waals surface area (Å²) in [5.41, 5.74) is -0.827. The zero-order chi connectivity index (χ0) is 21.0. The normalized spacial score (nSPS) is 20.7. The van der Waals surface area contributed by atoms with E-state index in [1.165, 1.54) is 0 Å². The molecule has 10 heteroatoms. The first-order chi connectivity index (χ1) is 13.8. The Morgan fingerprint density at radius 2 is 1.86 bits per heavy atom. The average molecular weight is 404 g/mol. The molecule has 0 unspecified atom stereocenters. The maximum Gasteiger partial charge on any atom is 0.325 e. The van der Waals surface area contributed by atoms with E-state index in [0.717, 1.165) is 11.3 Å². The average Bonchev–Trinajstić information content (AvgIpc) is 2.86. The second-order valence-corrected chi connectivity index (χ2v) is 6.89. The number of nitrogens with zero attached hydrogens (tertiary/aromatic N) is 1. The number of benzene rings is 1. The van der Waals surface area contributed by atoms with Crippen molar-refractivity contribution in [3.05, 3.63) is 23.8 Å². The second kappa shape index (κ2) is 8.38. The van der Waals surface area contributed by atoms with Crippen LogP contribution in [0, 0.1) is 0 Å². The van der Waals surface area contributed by atoms with Gasteiger partial charge in [0.15, 0.2) is 11.5 Å². The molecule has 0 spiro atoms. The van der Waals surface area contributed by atoms with Gasteiger partial charge < -0.3 is 25.4 Å². The van der Waals surface area contributed by atoms with Gasteiger partial charge in [-0.2, -0.15) is 0 Å². The van der Waals surface area contributed by atoms with Gasteiger partial charge in [0.05, 0.1) is 19.8 Å². The quantitative estimate of drug-likeness (QED) is 0.567. The first-order valence-corrected chi connectivity index (χ1v) is 9.42. The lowest BCUT2D eigenvalue weighted by Gasteiger charge is -2.23. The highest BCUT2D eigenvalue weighted by Crippen LogP contribution is 2.36. The van der Waals surface area contributed by atoms with Crippen LogP contribution in [0.5, 0.6) is 11.5 Å². The summed E-state index contributed by atoms with van der Waals surface area (Å²) in [7, 11) is 0. The third-order valence-electron chi connectivity index (χ3n) is 4.72. The minimum atomic E-state index is -1.35. The molecule has 2 aliphatic rings. The van der Waals surface area contributed by atoms with Crippen LogP contribution in [0.1, 0.15) is 25.8 Å². The van der Waals surface area contributed by atoms with Gasteiger partial charge >= 0.3 is 6.03 Å². The lowest BCUT2D eigenvalue weighted by Crippen LogP contribution is -2.45. The summed E-state index contributed by atoms with van der Waals surface area (Å²) < 4.78 is 11.2. The van der Waals surface area contributed by atoms with E-state index >= 15 is 0 Å². The van der Waals surface area contributed by atoms with E-state index in [9.17, 15) is 19.2 Å². The van der Waals surface area contributed by atoms with Crippen molar-refractivity contribution < 1.29 is 28.7 Å². The molecule has 0 aliphatic carbocycles. The van der Waals surface area contributed by atoms with Gasteiger partial charge in [-0.15, -0.1) is 0 Å². The van der Waals surface area contributed by atoms with Crippen molar-refractivity contribution in [1.29, 1.82) is 0 Å². The fraction of sp³-hybridized carbons (Fsp3) is 0.474. The van der Waals surface area contributed by atoms with Crippen molar-refractivity contribution in [1.82, 2.24) is 20.9 Å². The number of amides is 5. The lowest BCUT2D eigenvalue weighted by molar-refractivity contribution is -0.135. The smallest absolute Gasteiger partial charge is 0.325 e. The van der Waals surface area contributed by atoms with Crippen molar-refractivity contribution in [3.8, 4) is 11.5 Å². The first-order valence-electron chi connectivity index (χ1n) is 9.42. The van der Waals surface area contributed by atoms with Crippen LogP contribution in [0.3, 0.4) is 0 Å².